The van der Waals surface area contributed by atoms with Gasteiger partial charge in [0.25, 0.3) is 0 Å². The summed E-state index contributed by atoms with van der Waals surface area (Å²) in [5, 5.41) is 15.8. The van der Waals surface area contributed by atoms with Crippen LogP contribution >= 0.6 is 0 Å². The normalized spacial score (nSPS) is 13.8. The van der Waals surface area contributed by atoms with E-state index in [1.807, 2.05) is 16.9 Å². The molecular weight excluding hydrogens is 320 g/mol. The van der Waals surface area contributed by atoms with Crippen molar-refractivity contribution >= 4 is 0 Å². The van der Waals surface area contributed by atoms with Crippen LogP contribution in [0.25, 0.3) is 11.3 Å². The largest absolute Gasteiger partial charge is 0.507 e. The number of hydrogen-bond donors (Lipinski definition) is 1. The smallest absolute Gasteiger partial charge is 0.128 e. The van der Waals surface area contributed by atoms with E-state index in [0.29, 0.717) is 11.7 Å². The summed E-state index contributed by atoms with van der Waals surface area (Å²) in [4.78, 5) is 0. The van der Waals surface area contributed by atoms with Gasteiger partial charge in [0.15, 0.2) is 0 Å². The molecule has 0 saturated carbocycles. The lowest BCUT2D eigenvalue weighted by atomic mass is 9.91. The summed E-state index contributed by atoms with van der Waals surface area (Å²) in [5.74, 6) is 0.954. The van der Waals surface area contributed by atoms with Crippen molar-refractivity contribution in [1.29, 1.82) is 0 Å². The van der Waals surface area contributed by atoms with Crippen LogP contribution in [0, 0.1) is 5.92 Å². The number of aryl methyl sites for hydroxylation is 4. The van der Waals surface area contributed by atoms with Crippen molar-refractivity contribution in [1.82, 2.24) is 9.78 Å². The van der Waals surface area contributed by atoms with Crippen LogP contribution in [0.4, 0.5) is 0 Å². The molecule has 4 aliphatic carbocycles. The first-order valence-corrected chi connectivity index (χ1v) is 9.55. The molecule has 1 aromatic heterocycles. The van der Waals surface area contributed by atoms with Gasteiger partial charge in [-0.05, 0) is 59.9 Å². The van der Waals surface area contributed by atoms with E-state index in [1.165, 1.54) is 16.7 Å². The number of aromatic hydroxyl groups is 1. The van der Waals surface area contributed by atoms with Gasteiger partial charge in [-0.15, -0.1) is 0 Å². The van der Waals surface area contributed by atoms with Crippen molar-refractivity contribution in [2.45, 2.75) is 46.1 Å². The zero-order chi connectivity index (χ0) is 18.1. The van der Waals surface area contributed by atoms with Gasteiger partial charge in [0.05, 0.1) is 5.69 Å². The second-order valence-electron chi connectivity index (χ2n) is 7.74. The second-order valence-corrected chi connectivity index (χ2v) is 7.74. The molecular formula is C23H26N2O. The van der Waals surface area contributed by atoms with Gasteiger partial charge in [0, 0.05) is 18.3 Å². The van der Waals surface area contributed by atoms with E-state index in [4.69, 9.17) is 5.10 Å². The Kier molecular flexibility index (Phi) is 4.54. The molecule has 3 heteroatoms. The van der Waals surface area contributed by atoms with Crippen LogP contribution in [0.1, 0.15) is 36.1 Å². The lowest BCUT2D eigenvalue weighted by Gasteiger charge is -2.16. The van der Waals surface area contributed by atoms with E-state index in [2.05, 4.69) is 50.2 Å². The average molecular weight is 346 g/mol. The zero-order valence-corrected chi connectivity index (χ0v) is 15.6. The summed E-state index contributed by atoms with van der Waals surface area (Å²) in [6.07, 6.45) is 5.67. The third-order valence-electron chi connectivity index (χ3n) is 5.19. The summed E-state index contributed by atoms with van der Waals surface area (Å²) in [5.41, 5.74) is 6.64. The molecule has 4 aliphatic rings. The molecule has 1 N–H and O–H groups in total. The van der Waals surface area contributed by atoms with E-state index in [9.17, 15) is 5.11 Å². The van der Waals surface area contributed by atoms with E-state index in [1.54, 1.807) is 0 Å². The predicted octanol–water partition coefficient (Wildman–Crippen LogP) is 4.80. The highest BCUT2D eigenvalue weighted by molar-refractivity contribution is 5.72. The highest BCUT2D eigenvalue weighted by Crippen LogP contribution is 2.36. The van der Waals surface area contributed by atoms with E-state index in [-0.39, 0.29) is 0 Å². The lowest BCUT2D eigenvalue weighted by molar-refractivity contribution is 0.467. The van der Waals surface area contributed by atoms with Gasteiger partial charge < -0.3 is 5.11 Å². The molecule has 1 heterocycles. The van der Waals surface area contributed by atoms with E-state index in [0.717, 1.165) is 49.0 Å². The Morgan fingerprint density at radius 3 is 2.15 bits per heavy atom. The molecule has 134 valence electrons. The minimum absolute atomic E-state index is 0.410. The first-order valence-electron chi connectivity index (χ1n) is 9.55. The summed E-state index contributed by atoms with van der Waals surface area (Å²) < 4.78 is 1.98. The van der Waals surface area contributed by atoms with Crippen molar-refractivity contribution in [2.75, 3.05) is 0 Å². The van der Waals surface area contributed by atoms with E-state index >= 15 is 0 Å². The Bertz CT molecular complexity index is 906. The number of benzene rings is 2. The fourth-order valence-electron chi connectivity index (χ4n) is 3.77. The molecule has 26 heavy (non-hydrogen) atoms. The zero-order valence-electron chi connectivity index (χ0n) is 15.6. The van der Waals surface area contributed by atoms with Crippen LogP contribution in [-0.2, 0) is 32.2 Å². The standard InChI is InChI=1S/C23H26N2O/c1-16(2)15-25-14-13-21(24-25)22-19-9-7-17-3-5-18(6-4-17)8-10-20(12-11-19)23(22)26/h3-6,11-14,16,26H,7-10,15H2,1-2H3. The van der Waals surface area contributed by atoms with Crippen molar-refractivity contribution in [3.05, 3.63) is 70.9 Å². The van der Waals surface area contributed by atoms with Crippen molar-refractivity contribution in [3.63, 3.8) is 0 Å². The Morgan fingerprint density at radius 2 is 1.50 bits per heavy atom. The molecule has 0 aliphatic heterocycles. The first kappa shape index (κ1) is 16.9. The van der Waals surface area contributed by atoms with E-state index < -0.39 is 0 Å². The van der Waals surface area contributed by atoms with Gasteiger partial charge in [-0.1, -0.05) is 50.2 Å². The fourth-order valence-corrected chi connectivity index (χ4v) is 3.77. The van der Waals surface area contributed by atoms with Gasteiger partial charge in [-0.2, -0.15) is 5.10 Å². The number of aromatic nitrogens is 2. The Labute approximate surface area is 155 Å². The summed E-state index contributed by atoms with van der Waals surface area (Å²) in [7, 11) is 0. The quantitative estimate of drug-likeness (QED) is 0.740. The Morgan fingerprint density at radius 1 is 0.885 bits per heavy atom. The monoisotopic (exact) mass is 346 g/mol. The lowest BCUT2D eigenvalue weighted by Crippen LogP contribution is -2.05. The number of hydrogen-bond acceptors (Lipinski definition) is 2. The summed E-state index contributed by atoms with van der Waals surface area (Å²) in [6.45, 7) is 5.27. The molecule has 7 rings (SSSR count). The van der Waals surface area contributed by atoms with Gasteiger partial charge in [0.1, 0.15) is 5.75 Å². The third kappa shape index (κ3) is 3.39. The van der Waals surface area contributed by atoms with Crippen LogP contribution in [-0.4, -0.2) is 14.9 Å². The molecule has 0 fully saturated rings. The van der Waals surface area contributed by atoms with Gasteiger partial charge in [-0.25, -0.2) is 0 Å². The number of phenolic OH excluding ortho intramolecular Hbond substituents is 1. The Balaban J connectivity index is 1.76. The van der Waals surface area contributed by atoms with Crippen molar-refractivity contribution in [2.24, 2.45) is 5.92 Å². The fraction of sp³-hybridized carbons (Fsp3) is 0.348. The highest BCUT2D eigenvalue weighted by atomic mass is 16.3. The van der Waals surface area contributed by atoms with Crippen molar-refractivity contribution < 1.29 is 5.11 Å². The number of phenols is 1. The second kappa shape index (κ2) is 6.99. The van der Waals surface area contributed by atoms with Gasteiger partial charge >= 0.3 is 0 Å². The molecule has 0 radical (unpaired) electrons. The highest BCUT2D eigenvalue weighted by Gasteiger charge is 2.18. The molecule has 0 atom stereocenters. The topological polar surface area (TPSA) is 38.0 Å². The maximum absolute atomic E-state index is 11.0. The molecule has 0 amide bonds. The van der Waals surface area contributed by atoms with Crippen LogP contribution in [0.2, 0.25) is 0 Å². The maximum atomic E-state index is 11.0. The summed E-state index contributed by atoms with van der Waals surface area (Å²) in [6, 6.07) is 15.2. The minimum atomic E-state index is 0.410. The molecule has 0 spiro atoms. The molecule has 0 saturated heterocycles. The van der Waals surface area contributed by atoms with Gasteiger partial charge in [0.2, 0.25) is 0 Å². The molecule has 4 bridgehead atoms. The number of nitrogens with zero attached hydrogens (tertiary/aromatic N) is 2. The van der Waals surface area contributed by atoms with Crippen LogP contribution < -0.4 is 0 Å². The molecule has 3 aromatic rings. The van der Waals surface area contributed by atoms with Crippen LogP contribution in [0.3, 0.4) is 0 Å². The molecule has 2 aromatic carbocycles. The predicted molar refractivity (Wildman–Crippen MR) is 105 cm³/mol. The number of rotatable bonds is 3. The van der Waals surface area contributed by atoms with Crippen LogP contribution in [0.15, 0.2) is 48.7 Å². The molecule has 0 unspecified atom stereocenters. The Hall–Kier alpha value is -2.55. The minimum Gasteiger partial charge on any atom is -0.507 e. The average Bonchev–Trinajstić information content (AvgIpc) is 3.05. The molecule has 3 nitrogen and oxygen atoms in total. The van der Waals surface area contributed by atoms with Crippen molar-refractivity contribution in [3.8, 4) is 17.0 Å². The third-order valence-corrected chi connectivity index (χ3v) is 5.19. The first-order chi connectivity index (χ1) is 12.6. The van der Waals surface area contributed by atoms with Gasteiger partial charge in [-0.3, -0.25) is 4.68 Å². The van der Waals surface area contributed by atoms with Crippen LogP contribution in [0.5, 0.6) is 5.75 Å². The maximum Gasteiger partial charge on any atom is 0.128 e. The summed E-state index contributed by atoms with van der Waals surface area (Å²) >= 11 is 0. The SMILES string of the molecule is CC(C)Cn1ccc(-c2c3ccc(c2O)CCc2ccc(cc2)CC3)n1.